The van der Waals surface area contributed by atoms with Gasteiger partial charge in [0.15, 0.2) is 6.04 Å². The summed E-state index contributed by atoms with van der Waals surface area (Å²) in [7, 11) is 0. The summed E-state index contributed by atoms with van der Waals surface area (Å²) in [5.41, 5.74) is -0.419. The van der Waals surface area contributed by atoms with Crippen LogP contribution in [0.15, 0.2) is 24.5 Å². The number of ether oxygens (including phenoxy) is 1. The molecule has 110 valence electrons. The van der Waals surface area contributed by atoms with Crippen molar-refractivity contribution in [2.45, 2.75) is 38.5 Å². The maximum atomic E-state index is 11.6. The van der Waals surface area contributed by atoms with Crippen molar-refractivity contribution < 1.29 is 24.5 Å². The molecule has 0 aliphatic rings. The number of amides is 1. The summed E-state index contributed by atoms with van der Waals surface area (Å²) in [4.78, 5) is 26.5. The van der Waals surface area contributed by atoms with Gasteiger partial charge in [-0.2, -0.15) is 0 Å². The maximum Gasteiger partial charge on any atom is 0.408 e. The fourth-order valence-electron chi connectivity index (χ4n) is 1.46. The van der Waals surface area contributed by atoms with Crippen LogP contribution in [0, 0.1) is 0 Å². The van der Waals surface area contributed by atoms with Gasteiger partial charge < -0.3 is 20.3 Å². The van der Waals surface area contributed by atoms with Crippen LogP contribution in [0.3, 0.4) is 0 Å². The molecular weight excluding hydrogens is 264 g/mol. The quantitative estimate of drug-likeness (QED) is 0.762. The third kappa shape index (κ3) is 4.85. The first-order valence-corrected chi connectivity index (χ1v) is 6.01. The lowest BCUT2D eigenvalue weighted by Crippen LogP contribution is -2.46. The largest absolute Gasteiger partial charge is 0.480 e. The number of nitrogens with zero attached hydrogens (tertiary/aromatic N) is 1. The minimum absolute atomic E-state index is 0.337. The zero-order valence-corrected chi connectivity index (χ0v) is 11.5. The van der Waals surface area contributed by atoms with E-state index in [4.69, 9.17) is 9.84 Å². The summed E-state index contributed by atoms with van der Waals surface area (Å²) in [6.45, 7) is 4.96. The number of aliphatic carboxylic acids is 1. The monoisotopic (exact) mass is 282 g/mol. The number of pyridine rings is 1. The van der Waals surface area contributed by atoms with Crippen LogP contribution < -0.4 is 5.32 Å². The van der Waals surface area contributed by atoms with Gasteiger partial charge in [-0.15, -0.1) is 0 Å². The van der Waals surface area contributed by atoms with Crippen LogP contribution in [-0.4, -0.2) is 38.9 Å². The molecular formula is C13H18N2O5. The molecule has 0 aromatic carbocycles. The number of aliphatic hydroxyl groups excluding tert-OH is 1. The Morgan fingerprint density at radius 3 is 2.30 bits per heavy atom. The molecule has 3 N–H and O–H groups in total. The summed E-state index contributed by atoms with van der Waals surface area (Å²) in [5, 5.41) is 21.3. The molecule has 0 bridgehead atoms. The lowest BCUT2D eigenvalue weighted by atomic mass is 10.0. The highest BCUT2D eigenvalue weighted by atomic mass is 16.6. The molecule has 0 radical (unpaired) electrons. The highest BCUT2D eigenvalue weighted by Crippen LogP contribution is 2.17. The molecule has 7 nitrogen and oxygen atoms in total. The van der Waals surface area contributed by atoms with Crippen molar-refractivity contribution in [2.24, 2.45) is 0 Å². The zero-order chi connectivity index (χ0) is 15.3. The summed E-state index contributed by atoms with van der Waals surface area (Å²) in [6.07, 6.45) is 0.539. The Hall–Kier alpha value is -2.15. The Labute approximate surface area is 116 Å². The Morgan fingerprint density at radius 2 is 1.85 bits per heavy atom. The second-order valence-corrected chi connectivity index (χ2v) is 5.19. The maximum absolute atomic E-state index is 11.6. The van der Waals surface area contributed by atoms with Gasteiger partial charge in [0, 0.05) is 12.4 Å². The molecule has 1 aromatic rings. The van der Waals surface area contributed by atoms with Crippen LogP contribution in [0.1, 0.15) is 32.4 Å². The predicted molar refractivity (Wildman–Crippen MR) is 70.0 cm³/mol. The highest BCUT2D eigenvalue weighted by molar-refractivity contribution is 5.80. The van der Waals surface area contributed by atoms with Gasteiger partial charge in [-0.05, 0) is 38.5 Å². The van der Waals surface area contributed by atoms with Crippen LogP contribution in [0.2, 0.25) is 0 Å². The molecule has 1 rings (SSSR count). The van der Waals surface area contributed by atoms with Crippen molar-refractivity contribution in [2.75, 3.05) is 0 Å². The normalized spacial score (nSPS) is 14.2. The van der Waals surface area contributed by atoms with Crippen LogP contribution >= 0.6 is 0 Å². The summed E-state index contributed by atoms with van der Waals surface area (Å²) in [5.74, 6) is -1.36. The van der Waals surface area contributed by atoms with Gasteiger partial charge in [0.2, 0.25) is 0 Å². The number of alkyl carbamates (subject to hydrolysis) is 1. The summed E-state index contributed by atoms with van der Waals surface area (Å²) in [6, 6.07) is 1.43. The van der Waals surface area contributed by atoms with Crippen molar-refractivity contribution in [3.63, 3.8) is 0 Å². The molecule has 1 aromatic heterocycles. The minimum Gasteiger partial charge on any atom is -0.480 e. The van der Waals surface area contributed by atoms with Gasteiger partial charge >= 0.3 is 12.1 Å². The van der Waals surface area contributed by atoms with Gasteiger partial charge in [-0.1, -0.05) is 0 Å². The second-order valence-electron chi connectivity index (χ2n) is 5.19. The smallest absolute Gasteiger partial charge is 0.408 e. The van der Waals surface area contributed by atoms with Crippen LogP contribution in [0.4, 0.5) is 4.79 Å². The van der Waals surface area contributed by atoms with Gasteiger partial charge in [0.1, 0.15) is 11.7 Å². The van der Waals surface area contributed by atoms with E-state index in [1.165, 1.54) is 24.5 Å². The number of hydrogen-bond acceptors (Lipinski definition) is 5. The molecule has 0 aliphatic heterocycles. The molecule has 7 heteroatoms. The molecule has 0 saturated heterocycles. The number of carbonyl (C=O) groups is 2. The Bertz CT molecular complexity index is 469. The minimum atomic E-state index is -1.51. The van der Waals surface area contributed by atoms with E-state index in [-0.39, 0.29) is 0 Å². The van der Waals surface area contributed by atoms with Crippen molar-refractivity contribution in [3.8, 4) is 0 Å². The van der Waals surface area contributed by atoms with Crippen molar-refractivity contribution >= 4 is 12.1 Å². The van der Waals surface area contributed by atoms with E-state index in [1.807, 2.05) is 0 Å². The first kappa shape index (κ1) is 15.9. The number of carboxylic acids is 1. The van der Waals surface area contributed by atoms with E-state index in [0.29, 0.717) is 5.56 Å². The SMILES string of the molecule is CC(C)(C)OC(=O)N[C@@H](C(=O)O)[C@@H](O)c1ccncc1. The topological polar surface area (TPSA) is 109 Å². The molecule has 0 saturated carbocycles. The summed E-state index contributed by atoms with van der Waals surface area (Å²) >= 11 is 0. The fraction of sp³-hybridized carbons (Fsp3) is 0.462. The Kier molecular flexibility index (Phi) is 5.04. The van der Waals surface area contributed by atoms with E-state index in [2.05, 4.69) is 10.3 Å². The van der Waals surface area contributed by atoms with Gasteiger partial charge in [0.25, 0.3) is 0 Å². The fourth-order valence-corrected chi connectivity index (χ4v) is 1.46. The second kappa shape index (κ2) is 6.33. The first-order valence-electron chi connectivity index (χ1n) is 6.01. The lowest BCUT2D eigenvalue weighted by molar-refractivity contribution is -0.142. The van der Waals surface area contributed by atoms with Crippen molar-refractivity contribution in [1.29, 1.82) is 0 Å². The van der Waals surface area contributed by atoms with Gasteiger partial charge in [-0.25, -0.2) is 9.59 Å². The Morgan fingerprint density at radius 1 is 1.30 bits per heavy atom. The molecule has 0 unspecified atom stereocenters. The van der Waals surface area contributed by atoms with Gasteiger partial charge in [0.05, 0.1) is 0 Å². The highest BCUT2D eigenvalue weighted by Gasteiger charge is 2.31. The van der Waals surface area contributed by atoms with Crippen LogP contribution in [-0.2, 0) is 9.53 Å². The molecule has 1 amide bonds. The lowest BCUT2D eigenvalue weighted by Gasteiger charge is -2.24. The average Bonchev–Trinajstić information content (AvgIpc) is 2.34. The number of hydrogen-bond donors (Lipinski definition) is 3. The van der Waals surface area contributed by atoms with E-state index >= 15 is 0 Å². The number of aromatic nitrogens is 1. The third-order valence-electron chi connectivity index (χ3n) is 2.30. The molecule has 0 aliphatic carbocycles. The Balaban J connectivity index is 2.80. The summed E-state index contributed by atoms with van der Waals surface area (Å²) < 4.78 is 4.97. The van der Waals surface area contributed by atoms with E-state index in [9.17, 15) is 14.7 Å². The molecule has 1 heterocycles. The number of carboxylic acid groups (broad SMARTS) is 1. The first-order chi connectivity index (χ1) is 9.20. The van der Waals surface area contributed by atoms with E-state index < -0.39 is 29.8 Å². The number of aliphatic hydroxyl groups is 1. The van der Waals surface area contributed by atoms with Gasteiger partial charge in [-0.3, -0.25) is 4.98 Å². The predicted octanol–water partition coefficient (Wildman–Crippen LogP) is 1.09. The van der Waals surface area contributed by atoms with Crippen LogP contribution in [0.25, 0.3) is 0 Å². The molecule has 0 fully saturated rings. The number of carbonyl (C=O) groups excluding carboxylic acids is 1. The van der Waals surface area contributed by atoms with Crippen molar-refractivity contribution in [1.82, 2.24) is 10.3 Å². The standard InChI is InChI=1S/C13H18N2O5/c1-13(2,3)20-12(19)15-9(11(17)18)10(16)8-4-6-14-7-5-8/h4-7,9-10,16H,1-3H3,(H,15,19)(H,17,18)/t9-,10+/m1/s1. The van der Waals surface area contributed by atoms with E-state index in [1.54, 1.807) is 20.8 Å². The third-order valence-corrected chi connectivity index (χ3v) is 2.30. The van der Waals surface area contributed by atoms with Crippen molar-refractivity contribution in [3.05, 3.63) is 30.1 Å². The average molecular weight is 282 g/mol. The molecule has 2 atom stereocenters. The molecule has 0 spiro atoms. The zero-order valence-electron chi connectivity index (χ0n) is 11.5. The van der Waals surface area contributed by atoms with Crippen LogP contribution in [0.5, 0.6) is 0 Å². The number of nitrogens with one attached hydrogen (secondary N) is 1. The van der Waals surface area contributed by atoms with E-state index in [0.717, 1.165) is 0 Å². The molecule has 20 heavy (non-hydrogen) atoms. The number of rotatable bonds is 4.